The van der Waals surface area contributed by atoms with Crippen molar-refractivity contribution in [1.29, 1.82) is 0 Å². The van der Waals surface area contributed by atoms with E-state index in [0.29, 0.717) is 0 Å². The molecule has 0 aromatic heterocycles. The standard InChI is InChI=1S/C21H28ClNO/c1-2-3-4-5-8-15-24-20-13-11-18(12-14-20)16-23-17-19-9-6-7-10-21(19)22/h6-7,9-14,23H,2-5,8,15-17H2,1H3. The van der Waals surface area contributed by atoms with E-state index in [1.165, 1.54) is 31.2 Å². The number of rotatable bonds is 11. The van der Waals surface area contributed by atoms with Crippen molar-refractivity contribution < 1.29 is 4.74 Å². The molecule has 0 radical (unpaired) electrons. The third-order valence-electron chi connectivity index (χ3n) is 4.04. The molecule has 0 fully saturated rings. The van der Waals surface area contributed by atoms with Gasteiger partial charge in [-0.25, -0.2) is 0 Å². The molecule has 130 valence electrons. The Morgan fingerprint density at radius 1 is 0.875 bits per heavy atom. The van der Waals surface area contributed by atoms with Crippen LogP contribution in [-0.2, 0) is 13.1 Å². The lowest BCUT2D eigenvalue weighted by Gasteiger charge is -2.09. The summed E-state index contributed by atoms with van der Waals surface area (Å²) in [4.78, 5) is 0. The van der Waals surface area contributed by atoms with Crippen LogP contribution < -0.4 is 10.1 Å². The van der Waals surface area contributed by atoms with E-state index in [-0.39, 0.29) is 0 Å². The van der Waals surface area contributed by atoms with Crippen LogP contribution in [0.5, 0.6) is 5.75 Å². The second-order valence-corrected chi connectivity index (χ2v) is 6.51. The Kier molecular flexibility index (Phi) is 8.72. The van der Waals surface area contributed by atoms with Crippen molar-refractivity contribution in [2.75, 3.05) is 6.61 Å². The molecule has 3 heteroatoms. The highest BCUT2D eigenvalue weighted by molar-refractivity contribution is 6.31. The third-order valence-corrected chi connectivity index (χ3v) is 4.41. The molecule has 0 spiro atoms. The van der Waals surface area contributed by atoms with Gasteiger partial charge in [0.15, 0.2) is 0 Å². The second-order valence-electron chi connectivity index (χ2n) is 6.10. The molecule has 0 aliphatic carbocycles. The van der Waals surface area contributed by atoms with Crippen LogP contribution in [0.4, 0.5) is 0 Å². The Morgan fingerprint density at radius 2 is 1.62 bits per heavy atom. The Bertz CT molecular complexity index is 583. The van der Waals surface area contributed by atoms with Crippen molar-refractivity contribution in [3.05, 3.63) is 64.7 Å². The molecule has 1 N–H and O–H groups in total. The Labute approximate surface area is 151 Å². The third kappa shape index (κ3) is 6.94. The van der Waals surface area contributed by atoms with Crippen molar-refractivity contribution in [3.63, 3.8) is 0 Å². The number of benzene rings is 2. The minimum absolute atomic E-state index is 0.773. The Hall–Kier alpha value is -1.51. The molecule has 0 aliphatic rings. The summed E-state index contributed by atoms with van der Waals surface area (Å²) in [6.07, 6.45) is 6.33. The topological polar surface area (TPSA) is 21.3 Å². The quantitative estimate of drug-likeness (QED) is 0.506. The van der Waals surface area contributed by atoms with Crippen LogP contribution in [0.15, 0.2) is 48.5 Å². The Morgan fingerprint density at radius 3 is 2.38 bits per heavy atom. The highest BCUT2D eigenvalue weighted by Crippen LogP contribution is 2.16. The van der Waals surface area contributed by atoms with E-state index in [0.717, 1.165) is 42.5 Å². The van der Waals surface area contributed by atoms with Crippen LogP contribution >= 0.6 is 11.6 Å². The van der Waals surface area contributed by atoms with Crippen LogP contribution in [-0.4, -0.2) is 6.61 Å². The van der Waals surface area contributed by atoms with E-state index in [1.54, 1.807) is 0 Å². The van der Waals surface area contributed by atoms with E-state index in [2.05, 4.69) is 36.5 Å². The van der Waals surface area contributed by atoms with Crippen LogP contribution in [0.1, 0.15) is 50.2 Å². The maximum absolute atomic E-state index is 6.16. The van der Waals surface area contributed by atoms with Gasteiger partial charge in [-0.15, -0.1) is 0 Å². The van der Waals surface area contributed by atoms with Gasteiger partial charge < -0.3 is 10.1 Å². The zero-order chi connectivity index (χ0) is 17.0. The van der Waals surface area contributed by atoms with E-state index < -0.39 is 0 Å². The van der Waals surface area contributed by atoms with Gasteiger partial charge in [-0.2, -0.15) is 0 Å². The molecule has 0 bridgehead atoms. The average molecular weight is 346 g/mol. The molecule has 2 aromatic rings. The van der Waals surface area contributed by atoms with Gasteiger partial charge in [0.2, 0.25) is 0 Å². The lowest BCUT2D eigenvalue weighted by Crippen LogP contribution is -2.12. The number of hydrogen-bond acceptors (Lipinski definition) is 2. The minimum Gasteiger partial charge on any atom is -0.494 e. The van der Waals surface area contributed by atoms with Crippen molar-refractivity contribution in [2.24, 2.45) is 0 Å². The molecule has 0 amide bonds. The predicted molar refractivity (Wildman–Crippen MR) is 103 cm³/mol. The van der Waals surface area contributed by atoms with Gasteiger partial charge in [0, 0.05) is 18.1 Å². The van der Waals surface area contributed by atoms with Crippen molar-refractivity contribution >= 4 is 11.6 Å². The van der Waals surface area contributed by atoms with Gasteiger partial charge in [-0.1, -0.05) is 74.5 Å². The molecule has 0 saturated carbocycles. The number of halogens is 1. The van der Waals surface area contributed by atoms with Crippen LogP contribution in [0.3, 0.4) is 0 Å². The first-order valence-electron chi connectivity index (χ1n) is 8.95. The van der Waals surface area contributed by atoms with Crippen LogP contribution in [0.25, 0.3) is 0 Å². The zero-order valence-corrected chi connectivity index (χ0v) is 15.3. The fourth-order valence-corrected chi connectivity index (χ4v) is 2.78. The van der Waals surface area contributed by atoms with Crippen molar-refractivity contribution in [2.45, 2.75) is 52.1 Å². The fraction of sp³-hybridized carbons (Fsp3) is 0.429. The largest absolute Gasteiger partial charge is 0.494 e. The smallest absolute Gasteiger partial charge is 0.119 e. The van der Waals surface area contributed by atoms with Crippen LogP contribution in [0.2, 0.25) is 5.02 Å². The summed E-state index contributed by atoms with van der Waals surface area (Å²) >= 11 is 6.16. The molecular weight excluding hydrogens is 318 g/mol. The zero-order valence-electron chi connectivity index (χ0n) is 14.6. The van der Waals surface area contributed by atoms with Gasteiger partial charge in [0.05, 0.1) is 6.61 Å². The SMILES string of the molecule is CCCCCCCOc1ccc(CNCc2ccccc2Cl)cc1. The summed E-state index contributed by atoms with van der Waals surface area (Å²) in [5.74, 6) is 0.959. The lowest BCUT2D eigenvalue weighted by molar-refractivity contribution is 0.304. The summed E-state index contributed by atoms with van der Waals surface area (Å²) in [6, 6.07) is 16.3. The number of unbranched alkanes of at least 4 members (excludes halogenated alkanes) is 4. The summed E-state index contributed by atoms with van der Waals surface area (Å²) < 4.78 is 5.79. The second kappa shape index (κ2) is 11.1. The first kappa shape index (κ1) is 18.8. The molecule has 2 rings (SSSR count). The van der Waals surface area contributed by atoms with Gasteiger partial charge in [0.1, 0.15) is 5.75 Å². The van der Waals surface area contributed by atoms with E-state index in [4.69, 9.17) is 16.3 Å². The van der Waals surface area contributed by atoms with E-state index in [9.17, 15) is 0 Å². The average Bonchev–Trinajstić information content (AvgIpc) is 2.61. The van der Waals surface area contributed by atoms with Crippen molar-refractivity contribution in [3.8, 4) is 5.75 Å². The first-order chi connectivity index (χ1) is 11.8. The number of nitrogens with one attached hydrogen (secondary N) is 1. The van der Waals surface area contributed by atoms with Crippen LogP contribution in [0, 0.1) is 0 Å². The molecule has 2 nitrogen and oxygen atoms in total. The summed E-state index contributed by atoms with van der Waals surface area (Å²) in [6.45, 7) is 4.65. The highest BCUT2D eigenvalue weighted by atomic mass is 35.5. The predicted octanol–water partition coefficient (Wildman–Crippen LogP) is 5.98. The number of hydrogen-bond donors (Lipinski definition) is 1. The Balaban J connectivity index is 1.65. The van der Waals surface area contributed by atoms with Gasteiger partial charge in [0.25, 0.3) is 0 Å². The van der Waals surface area contributed by atoms with Gasteiger partial charge in [-0.05, 0) is 35.7 Å². The number of ether oxygens (including phenoxy) is 1. The fourth-order valence-electron chi connectivity index (χ4n) is 2.58. The van der Waals surface area contributed by atoms with Crippen molar-refractivity contribution in [1.82, 2.24) is 5.32 Å². The molecule has 0 aliphatic heterocycles. The van der Waals surface area contributed by atoms with Gasteiger partial charge >= 0.3 is 0 Å². The molecule has 0 unspecified atom stereocenters. The normalized spacial score (nSPS) is 10.8. The summed E-state index contributed by atoms with van der Waals surface area (Å²) in [7, 11) is 0. The molecule has 0 saturated heterocycles. The molecule has 24 heavy (non-hydrogen) atoms. The molecule has 2 aromatic carbocycles. The highest BCUT2D eigenvalue weighted by Gasteiger charge is 2.00. The van der Waals surface area contributed by atoms with Gasteiger partial charge in [-0.3, -0.25) is 0 Å². The lowest BCUT2D eigenvalue weighted by atomic mass is 10.2. The summed E-state index contributed by atoms with van der Waals surface area (Å²) in [5, 5.41) is 4.24. The monoisotopic (exact) mass is 345 g/mol. The minimum atomic E-state index is 0.773. The maximum atomic E-state index is 6.16. The summed E-state index contributed by atoms with van der Waals surface area (Å²) in [5.41, 5.74) is 2.37. The van der Waals surface area contributed by atoms with E-state index >= 15 is 0 Å². The molecule has 0 heterocycles. The molecule has 0 atom stereocenters. The maximum Gasteiger partial charge on any atom is 0.119 e. The van der Waals surface area contributed by atoms with E-state index in [1.807, 2.05) is 24.3 Å². The molecular formula is C21H28ClNO. The first-order valence-corrected chi connectivity index (χ1v) is 9.33.